The summed E-state index contributed by atoms with van der Waals surface area (Å²) in [4.78, 5) is 22.3. The summed E-state index contributed by atoms with van der Waals surface area (Å²) in [5.74, 6) is -0.389. The number of hydrogen-bond acceptors (Lipinski definition) is 3. The molecular formula is C13H17ClN2O3. The van der Waals surface area contributed by atoms with Crippen molar-refractivity contribution >= 4 is 23.2 Å². The molecule has 0 radical (unpaired) electrons. The molecule has 0 aromatic heterocycles. The van der Waals surface area contributed by atoms with Crippen LogP contribution in [0.2, 0.25) is 5.02 Å². The lowest BCUT2D eigenvalue weighted by atomic mass is 9.95. The van der Waals surface area contributed by atoms with E-state index in [0.717, 1.165) is 12.8 Å². The quantitative estimate of drug-likeness (QED) is 0.664. The molecule has 0 fully saturated rings. The summed E-state index contributed by atoms with van der Waals surface area (Å²) in [7, 11) is 0. The molecule has 0 saturated heterocycles. The first-order valence-corrected chi connectivity index (χ1v) is 6.48. The largest absolute Gasteiger partial charge is 0.347 e. The molecule has 0 spiro atoms. The van der Waals surface area contributed by atoms with Crippen molar-refractivity contribution in [3.8, 4) is 0 Å². The zero-order valence-corrected chi connectivity index (χ0v) is 12.0. The number of carbonyl (C=O) groups excluding carboxylic acids is 1. The maximum Gasteiger partial charge on any atom is 0.288 e. The fourth-order valence-corrected chi connectivity index (χ4v) is 1.89. The number of carbonyl (C=O) groups is 1. The van der Waals surface area contributed by atoms with Crippen molar-refractivity contribution in [3.63, 3.8) is 0 Å². The second-order valence-electron chi connectivity index (χ2n) is 4.62. The van der Waals surface area contributed by atoms with Crippen molar-refractivity contribution < 1.29 is 9.72 Å². The number of nitrogens with zero attached hydrogens (tertiary/aromatic N) is 1. The standard InChI is InChI=1S/C13H17ClN2O3/c1-4-13(3,5-2)15-12(17)9-7-6-8-10(11(9)14)16(18)19/h6-8H,4-5H2,1-3H3,(H,15,17). The second-order valence-corrected chi connectivity index (χ2v) is 5.00. The zero-order chi connectivity index (χ0) is 14.6. The fourth-order valence-electron chi connectivity index (χ4n) is 1.60. The predicted octanol–water partition coefficient (Wildman–Crippen LogP) is 3.56. The van der Waals surface area contributed by atoms with Crippen molar-refractivity contribution in [1.29, 1.82) is 0 Å². The summed E-state index contributed by atoms with van der Waals surface area (Å²) in [5.41, 5.74) is -0.474. The van der Waals surface area contributed by atoms with Crippen molar-refractivity contribution in [2.45, 2.75) is 39.2 Å². The average Bonchev–Trinajstić information content (AvgIpc) is 2.38. The van der Waals surface area contributed by atoms with Gasteiger partial charge >= 0.3 is 0 Å². The minimum atomic E-state index is -0.599. The van der Waals surface area contributed by atoms with Gasteiger partial charge in [-0.15, -0.1) is 0 Å². The number of hydrogen-bond donors (Lipinski definition) is 1. The average molecular weight is 285 g/mol. The maximum atomic E-state index is 12.2. The van der Waals surface area contributed by atoms with Crippen LogP contribution in [0.1, 0.15) is 44.0 Å². The SMILES string of the molecule is CCC(C)(CC)NC(=O)c1cccc([N+](=O)[O-])c1Cl. The molecule has 0 heterocycles. The third kappa shape index (κ3) is 3.44. The number of nitro groups is 1. The molecule has 1 aromatic rings. The summed E-state index contributed by atoms with van der Waals surface area (Å²) in [6.07, 6.45) is 1.53. The first-order valence-electron chi connectivity index (χ1n) is 6.10. The third-order valence-electron chi connectivity index (χ3n) is 3.40. The Morgan fingerprint density at radius 3 is 2.47 bits per heavy atom. The van der Waals surface area contributed by atoms with Gasteiger partial charge in [-0.05, 0) is 25.8 Å². The molecule has 0 saturated carbocycles. The summed E-state index contributed by atoms with van der Waals surface area (Å²) in [5, 5.41) is 13.5. The minimum Gasteiger partial charge on any atom is -0.347 e. The van der Waals surface area contributed by atoms with E-state index in [1.54, 1.807) is 0 Å². The van der Waals surface area contributed by atoms with Gasteiger partial charge in [0.15, 0.2) is 0 Å². The number of nitro benzene ring substituents is 1. The van der Waals surface area contributed by atoms with E-state index in [1.807, 2.05) is 20.8 Å². The van der Waals surface area contributed by atoms with Gasteiger partial charge in [0, 0.05) is 11.6 Å². The van der Waals surface area contributed by atoms with Crippen LogP contribution in [0.25, 0.3) is 0 Å². The number of amides is 1. The third-order valence-corrected chi connectivity index (χ3v) is 3.79. The number of nitrogens with one attached hydrogen (secondary N) is 1. The molecular weight excluding hydrogens is 268 g/mol. The highest BCUT2D eigenvalue weighted by molar-refractivity contribution is 6.35. The van der Waals surface area contributed by atoms with Gasteiger partial charge in [-0.1, -0.05) is 31.5 Å². The molecule has 19 heavy (non-hydrogen) atoms. The smallest absolute Gasteiger partial charge is 0.288 e. The van der Waals surface area contributed by atoms with Crippen molar-refractivity contribution in [3.05, 3.63) is 38.9 Å². The lowest BCUT2D eigenvalue weighted by Gasteiger charge is -2.28. The molecule has 0 bridgehead atoms. The van der Waals surface area contributed by atoms with Crippen LogP contribution in [-0.4, -0.2) is 16.4 Å². The molecule has 1 rings (SSSR count). The zero-order valence-electron chi connectivity index (χ0n) is 11.2. The van der Waals surface area contributed by atoms with E-state index >= 15 is 0 Å². The highest BCUT2D eigenvalue weighted by atomic mass is 35.5. The van der Waals surface area contributed by atoms with Crippen molar-refractivity contribution in [2.24, 2.45) is 0 Å². The Balaban J connectivity index is 3.08. The summed E-state index contributed by atoms with van der Waals surface area (Å²) in [6, 6.07) is 4.21. The summed E-state index contributed by atoms with van der Waals surface area (Å²) >= 11 is 5.91. The van der Waals surface area contributed by atoms with Gasteiger partial charge in [-0.3, -0.25) is 14.9 Å². The number of benzene rings is 1. The van der Waals surface area contributed by atoms with Crippen LogP contribution in [0, 0.1) is 10.1 Å². The molecule has 0 unspecified atom stereocenters. The van der Waals surface area contributed by atoms with E-state index in [2.05, 4.69) is 5.32 Å². The van der Waals surface area contributed by atoms with E-state index in [-0.39, 0.29) is 27.7 Å². The Labute approximate surface area is 117 Å². The highest BCUT2D eigenvalue weighted by Gasteiger charge is 2.26. The minimum absolute atomic E-state index is 0.125. The van der Waals surface area contributed by atoms with Crippen LogP contribution in [0.5, 0.6) is 0 Å². The van der Waals surface area contributed by atoms with Gasteiger partial charge in [0.25, 0.3) is 11.6 Å². The normalized spacial score (nSPS) is 11.2. The molecule has 1 N–H and O–H groups in total. The van der Waals surface area contributed by atoms with Crippen LogP contribution in [0.15, 0.2) is 18.2 Å². The maximum absolute atomic E-state index is 12.2. The molecule has 6 heteroatoms. The highest BCUT2D eigenvalue weighted by Crippen LogP contribution is 2.28. The van der Waals surface area contributed by atoms with Crippen LogP contribution in [0.4, 0.5) is 5.69 Å². The topological polar surface area (TPSA) is 72.2 Å². The first-order chi connectivity index (χ1) is 8.84. The van der Waals surface area contributed by atoms with Crippen molar-refractivity contribution in [1.82, 2.24) is 5.32 Å². The van der Waals surface area contributed by atoms with Gasteiger partial charge in [-0.25, -0.2) is 0 Å². The van der Waals surface area contributed by atoms with E-state index in [0.29, 0.717) is 0 Å². The first kappa shape index (κ1) is 15.4. The van der Waals surface area contributed by atoms with Gasteiger partial charge in [0.2, 0.25) is 0 Å². The Morgan fingerprint density at radius 1 is 1.42 bits per heavy atom. The lowest BCUT2D eigenvalue weighted by molar-refractivity contribution is -0.384. The van der Waals surface area contributed by atoms with Crippen LogP contribution in [0.3, 0.4) is 0 Å². The Bertz CT molecular complexity index is 499. The Morgan fingerprint density at radius 2 is 2.00 bits per heavy atom. The molecule has 0 aliphatic rings. The second kappa shape index (κ2) is 6.02. The Hall–Kier alpha value is -1.62. The van der Waals surface area contributed by atoms with E-state index in [4.69, 9.17) is 11.6 Å². The Kier molecular flexibility index (Phi) is 4.89. The summed E-state index contributed by atoms with van der Waals surface area (Å²) < 4.78 is 0. The molecule has 5 nitrogen and oxygen atoms in total. The monoisotopic (exact) mass is 284 g/mol. The summed E-state index contributed by atoms with van der Waals surface area (Å²) in [6.45, 7) is 5.87. The van der Waals surface area contributed by atoms with E-state index < -0.39 is 4.92 Å². The molecule has 0 aliphatic carbocycles. The molecule has 104 valence electrons. The van der Waals surface area contributed by atoms with Gasteiger partial charge in [0.1, 0.15) is 5.02 Å². The lowest BCUT2D eigenvalue weighted by Crippen LogP contribution is -2.45. The molecule has 1 aromatic carbocycles. The van der Waals surface area contributed by atoms with Gasteiger partial charge in [-0.2, -0.15) is 0 Å². The van der Waals surface area contributed by atoms with Crippen LogP contribution >= 0.6 is 11.6 Å². The number of rotatable bonds is 5. The van der Waals surface area contributed by atoms with Gasteiger partial charge in [0.05, 0.1) is 10.5 Å². The fraction of sp³-hybridized carbons (Fsp3) is 0.462. The number of halogens is 1. The molecule has 0 atom stereocenters. The van der Waals surface area contributed by atoms with E-state index in [1.165, 1.54) is 18.2 Å². The van der Waals surface area contributed by atoms with Crippen LogP contribution < -0.4 is 5.32 Å². The predicted molar refractivity (Wildman–Crippen MR) is 74.6 cm³/mol. The van der Waals surface area contributed by atoms with E-state index in [9.17, 15) is 14.9 Å². The molecule has 1 amide bonds. The molecule has 0 aliphatic heterocycles. The van der Waals surface area contributed by atoms with Crippen molar-refractivity contribution in [2.75, 3.05) is 0 Å². The van der Waals surface area contributed by atoms with Gasteiger partial charge < -0.3 is 5.32 Å². The van der Waals surface area contributed by atoms with Crippen LogP contribution in [-0.2, 0) is 0 Å².